The molecule has 0 bridgehead atoms. The maximum absolute atomic E-state index is 11.9. The molecule has 0 fully saturated rings. The van der Waals surface area contributed by atoms with E-state index in [4.69, 9.17) is 5.73 Å². The first-order valence-electron chi connectivity index (χ1n) is 7.81. The summed E-state index contributed by atoms with van der Waals surface area (Å²) in [4.78, 5) is 16.5. The molecule has 1 aromatic heterocycles. The minimum absolute atomic E-state index is 0.156. The first-order chi connectivity index (χ1) is 10.7. The van der Waals surface area contributed by atoms with Crippen LogP contribution in [-0.2, 0) is 17.6 Å². The Labute approximate surface area is 134 Å². The van der Waals surface area contributed by atoms with E-state index in [-0.39, 0.29) is 5.91 Å². The summed E-state index contributed by atoms with van der Waals surface area (Å²) >= 11 is 1.44. The Morgan fingerprint density at radius 1 is 1.41 bits per heavy atom. The predicted octanol–water partition coefficient (Wildman–Crippen LogP) is 3.36. The van der Waals surface area contributed by atoms with Gasteiger partial charge in [0.2, 0.25) is 5.91 Å². The molecule has 1 atom stereocenters. The Hall–Kier alpha value is -1.72. The van der Waals surface area contributed by atoms with Gasteiger partial charge in [-0.1, -0.05) is 25.5 Å². The number of amides is 1. The molecule has 1 amide bonds. The summed E-state index contributed by atoms with van der Waals surface area (Å²) in [7, 11) is 0. The normalized spacial score (nSPS) is 14.6. The number of carbonyl (C=O) groups is 1. The van der Waals surface area contributed by atoms with Crippen molar-refractivity contribution in [1.82, 2.24) is 4.98 Å². The molecule has 1 heterocycles. The average Bonchev–Trinajstić information content (AvgIpc) is 3.15. The Morgan fingerprint density at radius 3 is 3.05 bits per heavy atom. The third kappa shape index (κ3) is 3.20. The van der Waals surface area contributed by atoms with Gasteiger partial charge in [0, 0.05) is 10.9 Å². The monoisotopic (exact) mass is 315 g/mol. The fourth-order valence-electron chi connectivity index (χ4n) is 2.84. The van der Waals surface area contributed by atoms with Gasteiger partial charge in [0.05, 0.1) is 11.7 Å². The number of nitrogens with zero attached hydrogens (tertiary/aromatic N) is 1. The highest BCUT2D eigenvalue weighted by molar-refractivity contribution is 7.14. The van der Waals surface area contributed by atoms with E-state index in [2.05, 4.69) is 28.5 Å². The summed E-state index contributed by atoms with van der Waals surface area (Å²) < 4.78 is 0. The lowest BCUT2D eigenvalue weighted by atomic mass is 10.1. The highest BCUT2D eigenvalue weighted by Crippen LogP contribution is 2.30. The van der Waals surface area contributed by atoms with E-state index in [0.29, 0.717) is 11.6 Å². The standard InChI is InChI=1S/C17H21N3OS/c1-2-4-14(18)16(21)20-17-19-15(10-22-17)13-8-7-11-5-3-6-12(11)9-13/h7-10,14H,2-6,18H2,1H3,(H,19,20,21). The van der Waals surface area contributed by atoms with E-state index < -0.39 is 6.04 Å². The number of aryl methyl sites for hydroxylation is 2. The molecule has 116 valence electrons. The number of anilines is 1. The Morgan fingerprint density at radius 2 is 2.23 bits per heavy atom. The van der Waals surface area contributed by atoms with Crippen molar-refractivity contribution in [2.45, 2.75) is 45.1 Å². The number of rotatable bonds is 5. The van der Waals surface area contributed by atoms with Gasteiger partial charge in [-0.2, -0.15) is 0 Å². The van der Waals surface area contributed by atoms with Crippen LogP contribution in [0.3, 0.4) is 0 Å². The average molecular weight is 315 g/mol. The highest BCUT2D eigenvalue weighted by Gasteiger charge is 2.16. The molecular weight excluding hydrogens is 294 g/mol. The second-order valence-corrected chi connectivity index (χ2v) is 6.62. The molecule has 1 aliphatic rings. The van der Waals surface area contributed by atoms with Gasteiger partial charge in [-0.3, -0.25) is 4.79 Å². The van der Waals surface area contributed by atoms with Crippen molar-refractivity contribution in [1.29, 1.82) is 0 Å². The van der Waals surface area contributed by atoms with E-state index in [9.17, 15) is 4.79 Å². The fraction of sp³-hybridized carbons (Fsp3) is 0.412. The van der Waals surface area contributed by atoms with Crippen LogP contribution < -0.4 is 11.1 Å². The van der Waals surface area contributed by atoms with E-state index in [0.717, 1.165) is 24.1 Å². The van der Waals surface area contributed by atoms with Gasteiger partial charge in [-0.05, 0) is 42.9 Å². The van der Waals surface area contributed by atoms with E-state index >= 15 is 0 Å². The second-order valence-electron chi connectivity index (χ2n) is 5.76. The van der Waals surface area contributed by atoms with Gasteiger partial charge in [0.1, 0.15) is 0 Å². The van der Waals surface area contributed by atoms with Gasteiger partial charge in [0.25, 0.3) is 0 Å². The van der Waals surface area contributed by atoms with Crippen molar-refractivity contribution in [3.05, 3.63) is 34.7 Å². The number of hydrogen-bond donors (Lipinski definition) is 2. The molecule has 0 saturated heterocycles. The van der Waals surface area contributed by atoms with Gasteiger partial charge in [-0.15, -0.1) is 11.3 Å². The summed E-state index contributed by atoms with van der Waals surface area (Å²) in [6.45, 7) is 2.02. The van der Waals surface area contributed by atoms with Gasteiger partial charge >= 0.3 is 0 Å². The third-order valence-electron chi connectivity index (χ3n) is 4.07. The van der Waals surface area contributed by atoms with Gasteiger partial charge in [0.15, 0.2) is 5.13 Å². The van der Waals surface area contributed by atoms with E-state index in [1.165, 1.54) is 35.3 Å². The van der Waals surface area contributed by atoms with Gasteiger partial charge < -0.3 is 11.1 Å². The van der Waals surface area contributed by atoms with Crippen LogP contribution in [0.4, 0.5) is 5.13 Å². The van der Waals surface area contributed by atoms with Crippen molar-refractivity contribution in [2.24, 2.45) is 5.73 Å². The zero-order chi connectivity index (χ0) is 15.5. The topological polar surface area (TPSA) is 68.0 Å². The first kappa shape index (κ1) is 15.2. The van der Waals surface area contributed by atoms with Crippen molar-refractivity contribution in [2.75, 3.05) is 5.32 Å². The quantitative estimate of drug-likeness (QED) is 0.889. The number of benzene rings is 1. The maximum Gasteiger partial charge on any atom is 0.243 e. The smallest absolute Gasteiger partial charge is 0.243 e. The molecule has 0 aliphatic heterocycles. The minimum atomic E-state index is -0.461. The lowest BCUT2D eigenvalue weighted by molar-refractivity contribution is -0.117. The molecule has 1 aromatic carbocycles. The van der Waals surface area contributed by atoms with Crippen molar-refractivity contribution >= 4 is 22.4 Å². The number of carbonyl (C=O) groups excluding carboxylic acids is 1. The number of aromatic nitrogens is 1. The van der Waals surface area contributed by atoms with Crippen LogP contribution in [0.5, 0.6) is 0 Å². The summed E-state index contributed by atoms with van der Waals surface area (Å²) in [6.07, 6.45) is 5.17. The summed E-state index contributed by atoms with van der Waals surface area (Å²) in [5.41, 5.74) is 10.7. The number of nitrogens with one attached hydrogen (secondary N) is 1. The lowest BCUT2D eigenvalue weighted by Gasteiger charge is -2.08. The van der Waals surface area contributed by atoms with Gasteiger partial charge in [-0.25, -0.2) is 4.98 Å². The van der Waals surface area contributed by atoms with Crippen LogP contribution in [0.1, 0.15) is 37.3 Å². The molecular formula is C17H21N3OS. The molecule has 2 aromatic rings. The summed E-state index contributed by atoms with van der Waals surface area (Å²) in [5, 5.41) is 5.41. The van der Waals surface area contributed by atoms with E-state index in [1.54, 1.807) is 0 Å². The molecule has 1 unspecified atom stereocenters. The molecule has 22 heavy (non-hydrogen) atoms. The highest BCUT2D eigenvalue weighted by atomic mass is 32.1. The summed E-state index contributed by atoms with van der Waals surface area (Å²) in [6, 6.07) is 6.09. The maximum atomic E-state index is 11.9. The number of hydrogen-bond acceptors (Lipinski definition) is 4. The molecule has 0 saturated carbocycles. The fourth-order valence-corrected chi connectivity index (χ4v) is 3.56. The zero-order valence-corrected chi connectivity index (χ0v) is 13.6. The van der Waals surface area contributed by atoms with E-state index in [1.807, 2.05) is 12.3 Å². The summed E-state index contributed by atoms with van der Waals surface area (Å²) in [5.74, 6) is -0.156. The van der Waals surface area contributed by atoms with Crippen LogP contribution >= 0.6 is 11.3 Å². The number of fused-ring (bicyclic) bond motifs is 1. The molecule has 1 aliphatic carbocycles. The number of thiazole rings is 1. The van der Waals surface area contributed by atoms with Crippen LogP contribution in [0.2, 0.25) is 0 Å². The molecule has 4 nitrogen and oxygen atoms in total. The molecule has 0 radical (unpaired) electrons. The van der Waals surface area contributed by atoms with Crippen molar-refractivity contribution in [3.8, 4) is 11.3 Å². The number of nitrogens with two attached hydrogens (primary N) is 1. The first-order valence-corrected chi connectivity index (χ1v) is 8.69. The van der Waals surface area contributed by atoms with Crippen LogP contribution in [0, 0.1) is 0 Å². The SMILES string of the molecule is CCCC(N)C(=O)Nc1nc(-c2ccc3c(c2)CCC3)cs1. The second kappa shape index (κ2) is 6.58. The Kier molecular flexibility index (Phi) is 4.55. The van der Waals surface area contributed by atoms with Crippen LogP contribution in [-0.4, -0.2) is 16.9 Å². The molecule has 3 rings (SSSR count). The Bertz CT molecular complexity index is 680. The van der Waals surface area contributed by atoms with Crippen molar-refractivity contribution < 1.29 is 4.79 Å². The van der Waals surface area contributed by atoms with Crippen LogP contribution in [0.15, 0.2) is 23.6 Å². The predicted molar refractivity (Wildman–Crippen MR) is 91.1 cm³/mol. The zero-order valence-electron chi connectivity index (χ0n) is 12.8. The minimum Gasteiger partial charge on any atom is -0.320 e. The molecule has 0 spiro atoms. The Balaban J connectivity index is 1.72. The molecule has 3 N–H and O–H groups in total. The largest absolute Gasteiger partial charge is 0.320 e. The third-order valence-corrected chi connectivity index (χ3v) is 4.82. The van der Waals surface area contributed by atoms with Crippen molar-refractivity contribution in [3.63, 3.8) is 0 Å². The molecule has 5 heteroatoms. The van der Waals surface area contributed by atoms with Crippen LogP contribution in [0.25, 0.3) is 11.3 Å². The lowest BCUT2D eigenvalue weighted by Crippen LogP contribution is -2.35.